The molecule has 0 aliphatic rings. The molecule has 0 saturated heterocycles. The van der Waals surface area contributed by atoms with E-state index in [1.807, 2.05) is 19.9 Å². The summed E-state index contributed by atoms with van der Waals surface area (Å²) in [6, 6.07) is 2.01. The predicted octanol–water partition coefficient (Wildman–Crippen LogP) is 3.25. The van der Waals surface area contributed by atoms with Crippen LogP contribution in [-0.2, 0) is 6.42 Å². The van der Waals surface area contributed by atoms with Crippen molar-refractivity contribution in [3.05, 3.63) is 27.8 Å². The Morgan fingerprint density at radius 2 is 2.06 bits per heavy atom. The molecule has 1 aromatic rings. The topological polar surface area (TPSA) is 35.2 Å². The van der Waals surface area contributed by atoms with Gasteiger partial charge in [0, 0.05) is 5.02 Å². The normalized spacial score (nSPS) is 10.6. The van der Waals surface area contributed by atoms with Gasteiger partial charge in [-0.3, -0.25) is 0 Å². The minimum Gasteiger partial charge on any atom is -0.493 e. The molecule has 0 aliphatic carbocycles. The Morgan fingerprint density at radius 3 is 2.62 bits per heavy atom. The SMILES string of the molecule is CCCOc1cc(C)c(Cl)c(C)c1CCN. The van der Waals surface area contributed by atoms with Crippen molar-refractivity contribution in [2.24, 2.45) is 5.73 Å². The summed E-state index contributed by atoms with van der Waals surface area (Å²) in [5, 5.41) is 0.826. The minimum atomic E-state index is 0.614. The second-order valence-electron chi connectivity index (χ2n) is 4.00. The molecule has 0 heterocycles. The Hall–Kier alpha value is -0.730. The number of ether oxygens (including phenoxy) is 1. The van der Waals surface area contributed by atoms with E-state index in [1.165, 1.54) is 0 Å². The van der Waals surface area contributed by atoms with E-state index in [0.29, 0.717) is 6.54 Å². The van der Waals surface area contributed by atoms with E-state index in [0.717, 1.165) is 46.9 Å². The van der Waals surface area contributed by atoms with Crippen molar-refractivity contribution >= 4 is 11.6 Å². The molecule has 0 aliphatic heterocycles. The smallest absolute Gasteiger partial charge is 0.123 e. The van der Waals surface area contributed by atoms with E-state index in [1.54, 1.807) is 0 Å². The lowest BCUT2D eigenvalue weighted by Gasteiger charge is -2.16. The highest BCUT2D eigenvalue weighted by molar-refractivity contribution is 6.32. The molecule has 1 aromatic carbocycles. The zero-order valence-electron chi connectivity index (χ0n) is 10.3. The number of rotatable bonds is 5. The zero-order valence-corrected chi connectivity index (χ0v) is 11.0. The van der Waals surface area contributed by atoms with Crippen molar-refractivity contribution in [2.75, 3.05) is 13.2 Å². The lowest BCUT2D eigenvalue weighted by atomic mass is 10.0. The fourth-order valence-electron chi connectivity index (χ4n) is 1.76. The lowest BCUT2D eigenvalue weighted by Crippen LogP contribution is -2.08. The maximum atomic E-state index is 6.23. The first-order valence-electron chi connectivity index (χ1n) is 5.73. The first-order chi connectivity index (χ1) is 7.61. The molecule has 0 unspecified atom stereocenters. The average molecular weight is 242 g/mol. The van der Waals surface area contributed by atoms with Gasteiger partial charge in [-0.25, -0.2) is 0 Å². The summed E-state index contributed by atoms with van der Waals surface area (Å²) < 4.78 is 5.74. The number of hydrogen-bond donors (Lipinski definition) is 1. The van der Waals surface area contributed by atoms with Gasteiger partial charge in [-0.1, -0.05) is 18.5 Å². The van der Waals surface area contributed by atoms with E-state index in [4.69, 9.17) is 22.1 Å². The Morgan fingerprint density at radius 1 is 1.38 bits per heavy atom. The molecular formula is C13H20ClNO. The second-order valence-corrected chi connectivity index (χ2v) is 4.37. The Balaban J connectivity index is 3.12. The molecule has 2 nitrogen and oxygen atoms in total. The van der Waals surface area contributed by atoms with Gasteiger partial charge < -0.3 is 10.5 Å². The van der Waals surface area contributed by atoms with Crippen molar-refractivity contribution in [1.82, 2.24) is 0 Å². The number of halogens is 1. The average Bonchev–Trinajstić information content (AvgIpc) is 2.28. The van der Waals surface area contributed by atoms with Crippen LogP contribution in [0.4, 0.5) is 0 Å². The van der Waals surface area contributed by atoms with Crippen molar-refractivity contribution < 1.29 is 4.74 Å². The van der Waals surface area contributed by atoms with Gasteiger partial charge in [0.05, 0.1) is 6.61 Å². The van der Waals surface area contributed by atoms with Gasteiger partial charge in [0.15, 0.2) is 0 Å². The molecule has 0 saturated carbocycles. The quantitative estimate of drug-likeness (QED) is 0.859. The minimum absolute atomic E-state index is 0.614. The fraction of sp³-hybridized carbons (Fsp3) is 0.538. The molecule has 0 fully saturated rings. The Kier molecular flexibility index (Phi) is 5.10. The highest BCUT2D eigenvalue weighted by Crippen LogP contribution is 2.31. The van der Waals surface area contributed by atoms with Crippen LogP contribution in [0.3, 0.4) is 0 Å². The predicted molar refractivity (Wildman–Crippen MR) is 69.5 cm³/mol. The van der Waals surface area contributed by atoms with Crippen molar-refractivity contribution in [1.29, 1.82) is 0 Å². The van der Waals surface area contributed by atoms with E-state index in [2.05, 4.69) is 6.92 Å². The van der Waals surface area contributed by atoms with Gasteiger partial charge in [0.25, 0.3) is 0 Å². The van der Waals surface area contributed by atoms with E-state index in [-0.39, 0.29) is 0 Å². The molecule has 0 amide bonds. The zero-order chi connectivity index (χ0) is 12.1. The molecule has 3 heteroatoms. The van der Waals surface area contributed by atoms with Crippen LogP contribution in [0.25, 0.3) is 0 Å². The van der Waals surface area contributed by atoms with Crippen LogP contribution in [0, 0.1) is 13.8 Å². The van der Waals surface area contributed by atoms with Crippen LogP contribution in [0.15, 0.2) is 6.07 Å². The number of aryl methyl sites for hydroxylation is 1. The molecule has 1 rings (SSSR count). The monoisotopic (exact) mass is 241 g/mol. The van der Waals surface area contributed by atoms with Gasteiger partial charge in [0.1, 0.15) is 5.75 Å². The third kappa shape index (κ3) is 2.89. The summed E-state index contributed by atoms with van der Waals surface area (Å²) >= 11 is 6.23. The molecule has 0 atom stereocenters. The number of hydrogen-bond acceptors (Lipinski definition) is 2. The second kappa shape index (κ2) is 6.12. The van der Waals surface area contributed by atoms with Crippen LogP contribution in [0.2, 0.25) is 5.02 Å². The number of nitrogens with two attached hydrogens (primary N) is 1. The van der Waals surface area contributed by atoms with Crippen LogP contribution in [0.5, 0.6) is 5.75 Å². The van der Waals surface area contributed by atoms with Crippen LogP contribution in [0.1, 0.15) is 30.0 Å². The lowest BCUT2D eigenvalue weighted by molar-refractivity contribution is 0.313. The summed E-state index contributed by atoms with van der Waals surface area (Å²) in [5.74, 6) is 0.937. The molecule has 90 valence electrons. The van der Waals surface area contributed by atoms with E-state index in [9.17, 15) is 0 Å². The summed E-state index contributed by atoms with van der Waals surface area (Å²) in [6.45, 7) is 7.47. The van der Waals surface area contributed by atoms with Gasteiger partial charge in [0.2, 0.25) is 0 Å². The van der Waals surface area contributed by atoms with E-state index < -0.39 is 0 Å². The van der Waals surface area contributed by atoms with Crippen LogP contribution < -0.4 is 10.5 Å². The number of benzene rings is 1. The summed E-state index contributed by atoms with van der Waals surface area (Å²) in [5.41, 5.74) is 8.92. The maximum Gasteiger partial charge on any atom is 0.123 e. The maximum absolute atomic E-state index is 6.23. The fourth-order valence-corrected chi connectivity index (χ4v) is 1.92. The molecular weight excluding hydrogens is 222 g/mol. The standard InChI is InChI=1S/C13H20ClNO/c1-4-7-16-12-8-9(2)13(14)10(3)11(12)5-6-15/h8H,4-7,15H2,1-3H3. The summed E-state index contributed by atoms with van der Waals surface area (Å²) in [4.78, 5) is 0. The largest absolute Gasteiger partial charge is 0.493 e. The third-order valence-electron chi connectivity index (χ3n) is 2.63. The third-order valence-corrected chi connectivity index (χ3v) is 3.21. The van der Waals surface area contributed by atoms with Crippen LogP contribution in [-0.4, -0.2) is 13.2 Å². The highest BCUT2D eigenvalue weighted by Gasteiger charge is 2.12. The van der Waals surface area contributed by atoms with Gasteiger partial charge in [-0.05, 0) is 56.0 Å². The Bertz CT molecular complexity index is 363. The van der Waals surface area contributed by atoms with E-state index >= 15 is 0 Å². The summed E-state index contributed by atoms with van der Waals surface area (Å²) in [7, 11) is 0. The molecule has 0 radical (unpaired) electrons. The Labute approximate surface area is 103 Å². The first-order valence-corrected chi connectivity index (χ1v) is 6.11. The van der Waals surface area contributed by atoms with Crippen molar-refractivity contribution in [3.8, 4) is 5.75 Å². The van der Waals surface area contributed by atoms with Gasteiger partial charge in [-0.15, -0.1) is 0 Å². The molecule has 2 N–H and O–H groups in total. The van der Waals surface area contributed by atoms with Crippen molar-refractivity contribution in [2.45, 2.75) is 33.6 Å². The first kappa shape index (κ1) is 13.3. The van der Waals surface area contributed by atoms with Crippen LogP contribution >= 0.6 is 11.6 Å². The van der Waals surface area contributed by atoms with Gasteiger partial charge in [-0.2, -0.15) is 0 Å². The highest BCUT2D eigenvalue weighted by atomic mass is 35.5. The molecule has 0 aromatic heterocycles. The molecule has 0 spiro atoms. The van der Waals surface area contributed by atoms with Gasteiger partial charge >= 0.3 is 0 Å². The summed E-state index contributed by atoms with van der Waals surface area (Å²) in [6.07, 6.45) is 1.81. The molecule has 16 heavy (non-hydrogen) atoms. The molecule has 0 bridgehead atoms. The van der Waals surface area contributed by atoms with Crippen molar-refractivity contribution in [3.63, 3.8) is 0 Å².